The molecule has 2 aromatic rings. The summed E-state index contributed by atoms with van der Waals surface area (Å²) >= 11 is 11.9. The highest BCUT2D eigenvalue weighted by Gasteiger charge is 2.17. The van der Waals surface area contributed by atoms with E-state index in [1.165, 1.54) is 0 Å². The highest BCUT2D eigenvalue weighted by atomic mass is 35.5. The van der Waals surface area contributed by atoms with Gasteiger partial charge in [0.1, 0.15) is 11.8 Å². The smallest absolute Gasteiger partial charge is 0.310 e. The summed E-state index contributed by atoms with van der Waals surface area (Å²) in [5.74, 6) is 0.721. The largest absolute Gasteiger partial charge is 0.489 e. The van der Waals surface area contributed by atoms with Crippen LogP contribution in [-0.4, -0.2) is 24.2 Å². The monoisotopic (exact) mass is 367 g/mol. The summed E-state index contributed by atoms with van der Waals surface area (Å²) in [6.45, 7) is 1.26. The first kappa shape index (κ1) is 16.9. The van der Waals surface area contributed by atoms with Crippen LogP contribution < -0.4 is 9.47 Å². The summed E-state index contributed by atoms with van der Waals surface area (Å²) in [6.07, 6.45) is 2.45. The SMILES string of the molecule is O=C(Cc1cc(Cl)c2c(c1)OCCCO2)OCc1ccc(Cl)nc1. The highest BCUT2D eigenvalue weighted by molar-refractivity contribution is 6.32. The van der Waals surface area contributed by atoms with Crippen LogP contribution in [0.1, 0.15) is 17.5 Å². The second-order valence-corrected chi connectivity index (χ2v) is 6.08. The molecular weight excluding hydrogens is 353 g/mol. The number of rotatable bonds is 4. The molecule has 0 aliphatic carbocycles. The first-order valence-electron chi connectivity index (χ1n) is 7.46. The molecule has 0 saturated heterocycles. The predicted octanol–water partition coefficient (Wildman–Crippen LogP) is 3.84. The van der Waals surface area contributed by atoms with Crippen molar-refractivity contribution in [3.63, 3.8) is 0 Å². The number of pyridine rings is 1. The van der Waals surface area contributed by atoms with Crippen LogP contribution in [0.25, 0.3) is 0 Å². The molecule has 1 aromatic carbocycles. The Balaban J connectivity index is 1.63. The van der Waals surface area contributed by atoms with E-state index in [1.807, 2.05) is 0 Å². The number of aromatic nitrogens is 1. The molecule has 24 heavy (non-hydrogen) atoms. The molecule has 2 heterocycles. The molecule has 0 saturated carbocycles. The zero-order chi connectivity index (χ0) is 16.9. The van der Waals surface area contributed by atoms with Crippen LogP contribution in [0, 0.1) is 0 Å². The van der Waals surface area contributed by atoms with Gasteiger partial charge in [-0.2, -0.15) is 0 Å². The summed E-state index contributed by atoms with van der Waals surface area (Å²) in [7, 11) is 0. The molecule has 0 fully saturated rings. The van der Waals surface area contributed by atoms with Crippen LogP contribution in [-0.2, 0) is 22.6 Å². The number of hydrogen-bond donors (Lipinski definition) is 0. The summed E-state index contributed by atoms with van der Waals surface area (Å²) < 4.78 is 16.4. The average Bonchev–Trinajstić information content (AvgIpc) is 2.80. The lowest BCUT2D eigenvalue weighted by atomic mass is 10.1. The maximum atomic E-state index is 12.0. The third kappa shape index (κ3) is 4.30. The van der Waals surface area contributed by atoms with E-state index in [2.05, 4.69) is 4.98 Å². The standard InChI is InChI=1S/C17H15Cl2NO4/c18-13-6-12(7-14-17(13)23-5-1-4-22-14)8-16(21)24-10-11-2-3-15(19)20-9-11/h2-3,6-7,9H,1,4-5,8,10H2. The first-order valence-corrected chi connectivity index (χ1v) is 8.21. The number of hydrogen-bond acceptors (Lipinski definition) is 5. The molecule has 0 unspecified atom stereocenters. The van der Waals surface area contributed by atoms with Gasteiger partial charge in [-0.25, -0.2) is 4.98 Å². The van der Waals surface area contributed by atoms with Gasteiger partial charge < -0.3 is 14.2 Å². The zero-order valence-corrected chi connectivity index (χ0v) is 14.3. The molecule has 1 aliphatic rings. The summed E-state index contributed by atoms with van der Waals surface area (Å²) in [5, 5.41) is 0.825. The lowest BCUT2D eigenvalue weighted by Gasteiger charge is -2.11. The molecule has 0 radical (unpaired) electrons. The molecular formula is C17H15Cl2NO4. The third-order valence-corrected chi connectivity index (χ3v) is 3.90. The van der Waals surface area contributed by atoms with Crippen LogP contribution >= 0.6 is 23.2 Å². The molecule has 0 bridgehead atoms. The van der Waals surface area contributed by atoms with Crippen LogP contribution in [0.15, 0.2) is 30.5 Å². The molecule has 1 aliphatic heterocycles. The van der Waals surface area contributed by atoms with Crippen LogP contribution in [0.4, 0.5) is 0 Å². The fourth-order valence-corrected chi connectivity index (χ4v) is 2.66. The van der Waals surface area contributed by atoms with Crippen LogP contribution in [0.5, 0.6) is 11.5 Å². The Bertz CT molecular complexity index is 734. The van der Waals surface area contributed by atoms with Crippen molar-refractivity contribution in [3.8, 4) is 11.5 Å². The molecule has 1 aromatic heterocycles. The average molecular weight is 368 g/mol. The van der Waals surface area contributed by atoms with E-state index in [0.717, 1.165) is 12.0 Å². The van der Waals surface area contributed by atoms with Crippen LogP contribution in [0.2, 0.25) is 10.2 Å². The number of benzene rings is 1. The minimum atomic E-state index is -0.365. The number of nitrogens with zero attached hydrogens (tertiary/aromatic N) is 1. The van der Waals surface area contributed by atoms with Crippen molar-refractivity contribution < 1.29 is 19.0 Å². The van der Waals surface area contributed by atoms with Gasteiger partial charge >= 0.3 is 5.97 Å². The summed E-state index contributed by atoms with van der Waals surface area (Å²) in [5.41, 5.74) is 1.48. The van der Waals surface area contributed by atoms with Gasteiger partial charge in [0.2, 0.25) is 0 Å². The van der Waals surface area contributed by atoms with Gasteiger partial charge in [-0.05, 0) is 23.8 Å². The number of halogens is 2. The fourth-order valence-electron chi connectivity index (χ4n) is 2.26. The molecule has 5 nitrogen and oxygen atoms in total. The first-order chi connectivity index (χ1) is 11.6. The maximum Gasteiger partial charge on any atom is 0.310 e. The second kappa shape index (κ2) is 7.73. The van der Waals surface area contributed by atoms with E-state index < -0.39 is 0 Å². The van der Waals surface area contributed by atoms with Gasteiger partial charge in [0.15, 0.2) is 11.5 Å². The minimum absolute atomic E-state index is 0.0946. The van der Waals surface area contributed by atoms with E-state index in [-0.39, 0.29) is 19.0 Å². The predicted molar refractivity (Wildman–Crippen MR) is 89.8 cm³/mol. The number of fused-ring (bicyclic) bond motifs is 1. The lowest BCUT2D eigenvalue weighted by molar-refractivity contribution is -0.144. The third-order valence-electron chi connectivity index (χ3n) is 3.40. The maximum absolute atomic E-state index is 12.0. The van der Waals surface area contributed by atoms with Crippen molar-refractivity contribution in [1.82, 2.24) is 4.98 Å². The summed E-state index contributed by atoms with van der Waals surface area (Å²) in [6, 6.07) is 6.86. The Morgan fingerprint density at radius 3 is 2.79 bits per heavy atom. The van der Waals surface area contributed by atoms with Crippen molar-refractivity contribution in [3.05, 3.63) is 51.8 Å². The molecule has 0 amide bonds. The van der Waals surface area contributed by atoms with Gasteiger partial charge in [0.25, 0.3) is 0 Å². The number of ether oxygens (including phenoxy) is 3. The molecule has 126 valence electrons. The van der Waals surface area contributed by atoms with Crippen molar-refractivity contribution in [2.24, 2.45) is 0 Å². The molecule has 7 heteroatoms. The van der Waals surface area contributed by atoms with Gasteiger partial charge in [-0.1, -0.05) is 29.3 Å². The summed E-state index contributed by atoms with van der Waals surface area (Å²) in [4.78, 5) is 16.0. The van der Waals surface area contributed by atoms with E-state index in [4.69, 9.17) is 37.4 Å². The highest BCUT2D eigenvalue weighted by Crippen LogP contribution is 2.38. The molecule has 0 spiro atoms. The normalized spacial score (nSPS) is 13.2. The number of esters is 1. The second-order valence-electron chi connectivity index (χ2n) is 5.28. The topological polar surface area (TPSA) is 57.7 Å². The quantitative estimate of drug-likeness (QED) is 0.606. The Morgan fingerprint density at radius 1 is 1.17 bits per heavy atom. The number of carbonyl (C=O) groups excluding carboxylic acids is 1. The Morgan fingerprint density at radius 2 is 2.00 bits per heavy atom. The molecule has 3 rings (SSSR count). The van der Waals surface area contributed by atoms with Crippen molar-refractivity contribution in [1.29, 1.82) is 0 Å². The Kier molecular flexibility index (Phi) is 5.43. The molecule has 0 N–H and O–H groups in total. The minimum Gasteiger partial charge on any atom is -0.489 e. The van der Waals surface area contributed by atoms with Crippen LogP contribution in [0.3, 0.4) is 0 Å². The van der Waals surface area contributed by atoms with Crippen molar-refractivity contribution in [2.45, 2.75) is 19.4 Å². The van der Waals surface area contributed by atoms with Crippen molar-refractivity contribution in [2.75, 3.05) is 13.2 Å². The van der Waals surface area contributed by atoms with E-state index >= 15 is 0 Å². The van der Waals surface area contributed by atoms with Gasteiger partial charge in [0, 0.05) is 18.2 Å². The van der Waals surface area contributed by atoms with Gasteiger partial charge in [-0.3, -0.25) is 4.79 Å². The van der Waals surface area contributed by atoms with Gasteiger partial charge in [0.05, 0.1) is 24.7 Å². The zero-order valence-electron chi connectivity index (χ0n) is 12.8. The van der Waals surface area contributed by atoms with E-state index in [9.17, 15) is 4.79 Å². The Hall–Kier alpha value is -1.98. The fraction of sp³-hybridized carbons (Fsp3) is 0.294. The Labute approximate surface area is 149 Å². The van der Waals surface area contributed by atoms with E-state index in [1.54, 1.807) is 30.5 Å². The van der Waals surface area contributed by atoms with E-state index in [0.29, 0.717) is 40.5 Å². The van der Waals surface area contributed by atoms with Gasteiger partial charge in [-0.15, -0.1) is 0 Å². The van der Waals surface area contributed by atoms with Crippen molar-refractivity contribution >= 4 is 29.2 Å². The number of carbonyl (C=O) groups is 1. The lowest BCUT2D eigenvalue weighted by Crippen LogP contribution is -2.08. The molecule has 0 atom stereocenters.